The molecule has 0 saturated carbocycles. The van der Waals surface area contributed by atoms with Gasteiger partial charge >= 0.3 is 0 Å². The number of hydrogen-bond donors (Lipinski definition) is 2. The number of nitrogens with one attached hydrogen (secondary N) is 1. The lowest BCUT2D eigenvalue weighted by Crippen LogP contribution is -2.32. The van der Waals surface area contributed by atoms with Gasteiger partial charge < -0.3 is 10.4 Å². The van der Waals surface area contributed by atoms with Crippen LogP contribution >= 0.6 is 0 Å². The largest absolute Gasteiger partial charge is 0.388 e. The minimum atomic E-state index is -0.483. The molecule has 3 nitrogen and oxygen atoms in total. The summed E-state index contributed by atoms with van der Waals surface area (Å²) in [4.78, 5) is 4.00. The van der Waals surface area contributed by atoms with E-state index in [2.05, 4.69) is 10.3 Å². The van der Waals surface area contributed by atoms with Crippen molar-refractivity contribution < 1.29 is 5.11 Å². The Morgan fingerprint density at radius 3 is 2.79 bits per heavy atom. The zero-order chi connectivity index (χ0) is 10.6. The van der Waals surface area contributed by atoms with E-state index in [0.717, 1.165) is 12.1 Å². The van der Waals surface area contributed by atoms with Crippen LogP contribution in [0, 0.1) is 5.41 Å². The van der Waals surface area contributed by atoms with E-state index in [0.29, 0.717) is 0 Å². The fourth-order valence-corrected chi connectivity index (χ4v) is 1.54. The average molecular weight is 194 g/mol. The molecule has 0 spiro atoms. The summed E-state index contributed by atoms with van der Waals surface area (Å²) in [6, 6.07) is 3.74. The fourth-order valence-electron chi connectivity index (χ4n) is 1.54. The number of rotatable bonds is 4. The van der Waals surface area contributed by atoms with E-state index in [9.17, 15) is 5.11 Å². The summed E-state index contributed by atoms with van der Waals surface area (Å²) in [5.41, 5.74) is 0.686. The predicted octanol–water partition coefficient (Wildman–Crippen LogP) is 1.36. The molecule has 1 heterocycles. The SMILES string of the molecule is CNCC(C)(C)C(O)c1cccnc1. The molecular weight excluding hydrogens is 176 g/mol. The zero-order valence-corrected chi connectivity index (χ0v) is 8.99. The van der Waals surface area contributed by atoms with E-state index in [-0.39, 0.29) is 5.41 Å². The first-order valence-corrected chi connectivity index (χ1v) is 4.80. The molecule has 0 aliphatic rings. The van der Waals surface area contributed by atoms with Crippen molar-refractivity contribution in [3.8, 4) is 0 Å². The van der Waals surface area contributed by atoms with E-state index in [1.165, 1.54) is 0 Å². The highest BCUT2D eigenvalue weighted by molar-refractivity contribution is 5.14. The molecule has 0 aliphatic heterocycles. The molecule has 78 valence electrons. The van der Waals surface area contributed by atoms with Crippen LogP contribution in [0.2, 0.25) is 0 Å². The third-order valence-electron chi connectivity index (χ3n) is 2.37. The van der Waals surface area contributed by atoms with E-state index < -0.39 is 6.10 Å². The van der Waals surface area contributed by atoms with E-state index in [1.807, 2.05) is 33.0 Å². The number of aromatic nitrogens is 1. The van der Waals surface area contributed by atoms with Crippen LogP contribution in [0.5, 0.6) is 0 Å². The van der Waals surface area contributed by atoms with Gasteiger partial charge in [-0.05, 0) is 18.7 Å². The number of hydrogen-bond acceptors (Lipinski definition) is 3. The number of pyridine rings is 1. The molecule has 2 N–H and O–H groups in total. The molecule has 0 bridgehead atoms. The van der Waals surface area contributed by atoms with Gasteiger partial charge in [0.05, 0.1) is 6.10 Å². The molecule has 0 saturated heterocycles. The summed E-state index contributed by atoms with van der Waals surface area (Å²) < 4.78 is 0. The van der Waals surface area contributed by atoms with Crippen molar-refractivity contribution in [1.82, 2.24) is 10.3 Å². The maximum Gasteiger partial charge on any atom is 0.0867 e. The van der Waals surface area contributed by atoms with E-state index in [4.69, 9.17) is 0 Å². The van der Waals surface area contributed by atoms with Crippen LogP contribution in [-0.2, 0) is 0 Å². The van der Waals surface area contributed by atoms with Crippen LogP contribution in [0.3, 0.4) is 0 Å². The Hall–Kier alpha value is -0.930. The fraction of sp³-hybridized carbons (Fsp3) is 0.545. The topological polar surface area (TPSA) is 45.1 Å². The van der Waals surface area contributed by atoms with E-state index in [1.54, 1.807) is 12.4 Å². The zero-order valence-electron chi connectivity index (χ0n) is 8.99. The second-order valence-corrected chi connectivity index (χ2v) is 4.21. The molecule has 0 amide bonds. The first-order valence-electron chi connectivity index (χ1n) is 4.80. The Labute approximate surface area is 85.2 Å². The van der Waals surface area contributed by atoms with Crippen LogP contribution in [0.1, 0.15) is 25.5 Å². The van der Waals surface area contributed by atoms with Gasteiger partial charge in [-0.3, -0.25) is 4.98 Å². The highest BCUT2D eigenvalue weighted by Gasteiger charge is 2.28. The van der Waals surface area contributed by atoms with Crippen molar-refractivity contribution in [3.05, 3.63) is 30.1 Å². The lowest BCUT2D eigenvalue weighted by molar-refractivity contribution is 0.0503. The molecule has 1 aromatic heterocycles. The van der Waals surface area contributed by atoms with Crippen LogP contribution < -0.4 is 5.32 Å². The van der Waals surface area contributed by atoms with Crippen LogP contribution in [-0.4, -0.2) is 23.7 Å². The van der Waals surface area contributed by atoms with Gasteiger partial charge in [-0.25, -0.2) is 0 Å². The van der Waals surface area contributed by atoms with Crippen molar-refractivity contribution in [2.45, 2.75) is 20.0 Å². The lowest BCUT2D eigenvalue weighted by Gasteiger charge is -2.30. The highest BCUT2D eigenvalue weighted by Crippen LogP contribution is 2.31. The Morgan fingerprint density at radius 2 is 2.29 bits per heavy atom. The Bertz CT molecular complexity index is 272. The molecule has 1 rings (SSSR count). The monoisotopic (exact) mass is 194 g/mol. The summed E-state index contributed by atoms with van der Waals surface area (Å²) >= 11 is 0. The van der Waals surface area contributed by atoms with Gasteiger partial charge in [0.2, 0.25) is 0 Å². The van der Waals surface area contributed by atoms with Crippen LogP contribution in [0.4, 0.5) is 0 Å². The summed E-state index contributed by atoms with van der Waals surface area (Å²) in [6.45, 7) is 4.82. The van der Waals surface area contributed by atoms with Gasteiger partial charge in [0.1, 0.15) is 0 Å². The molecule has 3 heteroatoms. The molecule has 1 atom stereocenters. The molecule has 0 fully saturated rings. The minimum Gasteiger partial charge on any atom is -0.388 e. The first kappa shape index (κ1) is 11.1. The molecule has 0 radical (unpaired) electrons. The van der Waals surface area contributed by atoms with Crippen LogP contribution in [0.15, 0.2) is 24.5 Å². The molecule has 0 aromatic carbocycles. The van der Waals surface area contributed by atoms with Gasteiger partial charge in [0.25, 0.3) is 0 Å². The maximum absolute atomic E-state index is 10.1. The Morgan fingerprint density at radius 1 is 1.57 bits per heavy atom. The van der Waals surface area contributed by atoms with Gasteiger partial charge in [0.15, 0.2) is 0 Å². The Kier molecular flexibility index (Phi) is 3.61. The number of aliphatic hydroxyl groups excluding tert-OH is 1. The second kappa shape index (κ2) is 4.53. The van der Waals surface area contributed by atoms with E-state index >= 15 is 0 Å². The smallest absolute Gasteiger partial charge is 0.0867 e. The van der Waals surface area contributed by atoms with Gasteiger partial charge in [-0.1, -0.05) is 19.9 Å². The van der Waals surface area contributed by atoms with Gasteiger partial charge in [0, 0.05) is 24.4 Å². The van der Waals surface area contributed by atoms with Gasteiger partial charge in [-0.2, -0.15) is 0 Å². The van der Waals surface area contributed by atoms with Crippen molar-refractivity contribution >= 4 is 0 Å². The van der Waals surface area contributed by atoms with Crippen molar-refractivity contribution in [2.75, 3.05) is 13.6 Å². The Balaban J connectivity index is 2.79. The molecule has 14 heavy (non-hydrogen) atoms. The standard InChI is InChI=1S/C11H18N2O/c1-11(2,8-12-3)10(14)9-5-4-6-13-7-9/h4-7,10,12,14H,8H2,1-3H3. The van der Waals surface area contributed by atoms with Gasteiger partial charge in [-0.15, -0.1) is 0 Å². The maximum atomic E-state index is 10.1. The summed E-state index contributed by atoms with van der Waals surface area (Å²) in [5, 5.41) is 13.2. The second-order valence-electron chi connectivity index (χ2n) is 4.21. The van der Waals surface area contributed by atoms with Crippen molar-refractivity contribution in [3.63, 3.8) is 0 Å². The normalized spacial score (nSPS) is 14.0. The summed E-state index contributed by atoms with van der Waals surface area (Å²) in [7, 11) is 1.89. The minimum absolute atomic E-state index is 0.183. The quantitative estimate of drug-likeness (QED) is 0.760. The highest BCUT2D eigenvalue weighted by atomic mass is 16.3. The number of nitrogens with zero attached hydrogens (tertiary/aromatic N) is 1. The third-order valence-corrected chi connectivity index (χ3v) is 2.37. The molecule has 0 aliphatic carbocycles. The molecular formula is C11H18N2O. The molecule has 1 aromatic rings. The predicted molar refractivity (Wildman–Crippen MR) is 56.9 cm³/mol. The molecule has 1 unspecified atom stereocenters. The summed E-state index contributed by atoms with van der Waals surface area (Å²) in [5.74, 6) is 0. The van der Waals surface area contributed by atoms with Crippen LogP contribution in [0.25, 0.3) is 0 Å². The lowest BCUT2D eigenvalue weighted by atomic mass is 9.83. The number of aliphatic hydroxyl groups is 1. The average Bonchev–Trinajstić information content (AvgIpc) is 2.18. The summed E-state index contributed by atoms with van der Waals surface area (Å²) in [6.07, 6.45) is 2.94. The third kappa shape index (κ3) is 2.53. The van der Waals surface area contributed by atoms with Crippen molar-refractivity contribution in [2.24, 2.45) is 5.41 Å². The first-order chi connectivity index (χ1) is 6.58. The van der Waals surface area contributed by atoms with Crippen molar-refractivity contribution in [1.29, 1.82) is 0 Å².